The number of carbonyl (C=O) groups is 4. The van der Waals surface area contributed by atoms with Gasteiger partial charge in [0, 0.05) is 27.7 Å². The Kier molecular flexibility index (Phi) is 17.5. The average Bonchev–Trinajstić information content (AvgIpc) is 2.85. The van der Waals surface area contributed by atoms with E-state index in [4.69, 9.17) is 32.7 Å². The summed E-state index contributed by atoms with van der Waals surface area (Å²) in [5, 5.41) is 0. The van der Waals surface area contributed by atoms with Crippen molar-refractivity contribution < 1.29 is 61.4 Å². The molecule has 0 spiro atoms. The van der Waals surface area contributed by atoms with E-state index >= 15 is 0 Å². The first-order valence-electron chi connectivity index (χ1n) is 15.0. The van der Waals surface area contributed by atoms with Crippen molar-refractivity contribution in [2.75, 3.05) is 13.2 Å². The molecule has 0 saturated carbocycles. The molecule has 0 radical (unpaired) electrons. The van der Waals surface area contributed by atoms with Gasteiger partial charge in [0.05, 0.1) is 6.61 Å². The summed E-state index contributed by atoms with van der Waals surface area (Å²) in [6, 6.07) is 0. The second-order valence-electron chi connectivity index (χ2n) is 11.7. The molecule has 0 aromatic rings. The lowest BCUT2D eigenvalue weighted by molar-refractivity contribution is -0.291. The van der Waals surface area contributed by atoms with Crippen molar-refractivity contribution in [3.63, 3.8) is 0 Å². The fraction of sp³-hybridized carbons (Fsp3) is 0.862. The van der Waals surface area contributed by atoms with Crippen LogP contribution < -0.4 is 0 Å². The van der Waals surface area contributed by atoms with Crippen molar-refractivity contribution in [1.29, 1.82) is 0 Å². The largest absolute Gasteiger partial charge is 0.474 e. The van der Waals surface area contributed by atoms with E-state index in [1.165, 1.54) is 19.3 Å². The summed E-state index contributed by atoms with van der Waals surface area (Å²) >= 11 is 0. The van der Waals surface area contributed by atoms with Crippen molar-refractivity contribution in [2.45, 2.75) is 131 Å². The topological polar surface area (TPSA) is 170 Å². The second kappa shape index (κ2) is 19.4. The third-order valence-corrected chi connectivity index (χ3v) is 7.91. The van der Waals surface area contributed by atoms with Gasteiger partial charge in [-0.25, -0.2) is 4.57 Å². The second-order valence-corrected chi connectivity index (χ2v) is 13.1. The molecule has 1 aliphatic rings. The molecule has 1 aliphatic heterocycles. The maximum Gasteiger partial charge on any atom is 0.474 e. The number of ether oxygens (including phenoxy) is 5. The summed E-state index contributed by atoms with van der Waals surface area (Å²) < 4.78 is 49.8. The molecule has 43 heavy (non-hydrogen) atoms. The van der Waals surface area contributed by atoms with Gasteiger partial charge in [-0.2, -0.15) is 0 Å². The van der Waals surface area contributed by atoms with Crippen LogP contribution in [0.25, 0.3) is 0 Å². The molecule has 14 heteroatoms. The van der Waals surface area contributed by atoms with Gasteiger partial charge >= 0.3 is 31.7 Å². The Labute approximate surface area is 255 Å². The SMILES string of the molecule is CC(=O)OC[C@H]1O[C@H](OP(=O)(O)OCCC(C)CCCC(C)CCCC(C)C)[C@@H](OC(C)=O)[C@@H](OC(C)=O)[C@@H]1OC(C)=O. The highest BCUT2D eigenvalue weighted by Crippen LogP contribution is 2.47. The van der Waals surface area contributed by atoms with Gasteiger partial charge in [0.15, 0.2) is 18.3 Å². The van der Waals surface area contributed by atoms with E-state index in [9.17, 15) is 28.6 Å². The quantitative estimate of drug-likeness (QED) is 0.116. The number of carbonyl (C=O) groups excluding carboxylic acids is 4. The van der Waals surface area contributed by atoms with Crippen molar-refractivity contribution in [2.24, 2.45) is 17.8 Å². The predicted molar refractivity (Wildman–Crippen MR) is 154 cm³/mol. The fourth-order valence-electron chi connectivity index (χ4n) is 4.78. The van der Waals surface area contributed by atoms with Crippen LogP contribution in [0.5, 0.6) is 0 Å². The van der Waals surface area contributed by atoms with Gasteiger partial charge in [-0.1, -0.05) is 66.2 Å². The summed E-state index contributed by atoms with van der Waals surface area (Å²) in [6.45, 7) is 12.5. The van der Waals surface area contributed by atoms with E-state index in [1.807, 2.05) is 6.92 Å². The molecule has 0 aromatic heterocycles. The molecule has 3 unspecified atom stereocenters. The first kappa shape index (κ1) is 39.0. The zero-order valence-corrected chi connectivity index (χ0v) is 27.7. The molecule has 1 rings (SSSR count). The van der Waals surface area contributed by atoms with Gasteiger partial charge in [-0.05, 0) is 24.2 Å². The first-order valence-corrected chi connectivity index (χ1v) is 16.5. The molecule has 0 aliphatic carbocycles. The predicted octanol–water partition coefficient (Wildman–Crippen LogP) is 4.86. The molecule has 0 bridgehead atoms. The van der Waals surface area contributed by atoms with Crippen LogP contribution in [0.2, 0.25) is 0 Å². The minimum atomic E-state index is -4.81. The molecule has 13 nitrogen and oxygen atoms in total. The molecule has 8 atom stereocenters. The van der Waals surface area contributed by atoms with Crippen LogP contribution in [-0.4, -0.2) is 72.7 Å². The monoisotopic (exact) mass is 638 g/mol. The summed E-state index contributed by atoms with van der Waals surface area (Å²) in [4.78, 5) is 57.6. The van der Waals surface area contributed by atoms with Gasteiger partial charge < -0.3 is 28.6 Å². The van der Waals surface area contributed by atoms with Crippen LogP contribution in [0.15, 0.2) is 0 Å². The van der Waals surface area contributed by atoms with Crippen LogP contribution >= 0.6 is 7.82 Å². The maximum absolute atomic E-state index is 12.9. The summed E-state index contributed by atoms with van der Waals surface area (Å²) in [5.41, 5.74) is 0. The Morgan fingerprint density at radius 3 is 1.72 bits per heavy atom. The smallest absolute Gasteiger partial charge is 0.463 e. The minimum absolute atomic E-state index is 0.0931. The Morgan fingerprint density at radius 2 is 1.21 bits per heavy atom. The van der Waals surface area contributed by atoms with Gasteiger partial charge in [0.2, 0.25) is 6.29 Å². The van der Waals surface area contributed by atoms with E-state index < -0.39 is 69.0 Å². The molecule has 1 heterocycles. The Morgan fingerprint density at radius 1 is 0.721 bits per heavy atom. The van der Waals surface area contributed by atoms with Crippen LogP contribution in [-0.2, 0) is 56.5 Å². The highest BCUT2D eigenvalue weighted by atomic mass is 31.2. The van der Waals surface area contributed by atoms with Crippen molar-refractivity contribution in [3.05, 3.63) is 0 Å². The summed E-state index contributed by atoms with van der Waals surface area (Å²) in [7, 11) is -4.81. The van der Waals surface area contributed by atoms with Crippen molar-refractivity contribution in [3.8, 4) is 0 Å². The lowest BCUT2D eigenvalue weighted by atomic mass is 9.93. The van der Waals surface area contributed by atoms with Gasteiger partial charge in [-0.15, -0.1) is 0 Å². The van der Waals surface area contributed by atoms with Crippen LogP contribution in [0, 0.1) is 17.8 Å². The number of phosphoric ester groups is 1. The lowest BCUT2D eigenvalue weighted by Gasteiger charge is -2.44. The van der Waals surface area contributed by atoms with E-state index in [0.29, 0.717) is 18.3 Å². The first-order chi connectivity index (χ1) is 20.0. The molecule has 1 fully saturated rings. The number of rotatable bonds is 19. The van der Waals surface area contributed by atoms with Crippen molar-refractivity contribution >= 4 is 31.7 Å². The zero-order valence-electron chi connectivity index (χ0n) is 26.8. The highest BCUT2D eigenvalue weighted by Gasteiger charge is 2.54. The Balaban J connectivity index is 2.88. The van der Waals surface area contributed by atoms with E-state index in [-0.39, 0.29) is 12.5 Å². The zero-order chi connectivity index (χ0) is 32.7. The standard InChI is InChI=1S/C29H51O13P/c1-18(2)11-9-12-19(3)13-10-14-20(4)15-16-37-43(34,35)42-29-28(40-24(8)33)27(39-23(7)32)26(38-22(6)31)25(41-29)17-36-21(5)30/h18-20,25-29H,9-17H2,1-8H3,(H,34,35)/t19?,20?,25-,26-,27+,28+,29-/m1/s1. The molecule has 1 N–H and O–H groups in total. The number of phosphoric acid groups is 1. The number of hydrogen-bond acceptors (Lipinski definition) is 12. The molecule has 0 aromatic carbocycles. The fourth-order valence-corrected chi connectivity index (χ4v) is 5.61. The van der Waals surface area contributed by atoms with Crippen LogP contribution in [0.4, 0.5) is 0 Å². The van der Waals surface area contributed by atoms with Gasteiger partial charge in [-0.3, -0.25) is 28.2 Å². The third kappa shape index (κ3) is 16.6. The molecule has 0 amide bonds. The molecule has 250 valence electrons. The third-order valence-electron chi connectivity index (χ3n) is 6.92. The Hall–Kier alpha value is -2.05. The van der Waals surface area contributed by atoms with Gasteiger partial charge in [0.1, 0.15) is 12.7 Å². The maximum atomic E-state index is 12.9. The summed E-state index contributed by atoms with van der Waals surface area (Å²) in [5.74, 6) is -1.61. The normalized spacial score (nSPS) is 24.8. The number of hydrogen-bond donors (Lipinski definition) is 1. The minimum Gasteiger partial charge on any atom is -0.463 e. The average molecular weight is 639 g/mol. The van der Waals surface area contributed by atoms with Crippen molar-refractivity contribution in [1.82, 2.24) is 0 Å². The Bertz CT molecular complexity index is 939. The lowest BCUT2D eigenvalue weighted by Crippen LogP contribution is -2.62. The van der Waals surface area contributed by atoms with Crippen LogP contribution in [0.1, 0.15) is 100 Å². The molecule has 1 saturated heterocycles. The molecular formula is C29H51O13P. The summed E-state index contributed by atoms with van der Waals surface area (Å²) in [6.07, 6.45) is -0.442. The molecular weight excluding hydrogens is 587 g/mol. The van der Waals surface area contributed by atoms with E-state index in [0.717, 1.165) is 47.0 Å². The van der Waals surface area contributed by atoms with E-state index in [1.54, 1.807) is 0 Å². The van der Waals surface area contributed by atoms with Crippen LogP contribution in [0.3, 0.4) is 0 Å². The highest BCUT2D eigenvalue weighted by molar-refractivity contribution is 7.47. The van der Waals surface area contributed by atoms with E-state index in [2.05, 4.69) is 20.8 Å². The van der Waals surface area contributed by atoms with Gasteiger partial charge in [0.25, 0.3) is 0 Å². The number of esters is 4.